The van der Waals surface area contributed by atoms with Crippen molar-refractivity contribution in [3.8, 4) is 5.75 Å². The molecule has 0 saturated carbocycles. The van der Waals surface area contributed by atoms with E-state index in [1.807, 2.05) is 30.4 Å². The van der Waals surface area contributed by atoms with Gasteiger partial charge in [-0.05, 0) is 43.9 Å². The van der Waals surface area contributed by atoms with Gasteiger partial charge in [0.25, 0.3) is 0 Å². The van der Waals surface area contributed by atoms with E-state index < -0.39 is 0 Å². The minimum atomic E-state index is 0.717. The smallest absolute Gasteiger partial charge is 0.123 e. The summed E-state index contributed by atoms with van der Waals surface area (Å²) in [5.74, 6) is 0.996. The van der Waals surface area contributed by atoms with Crippen molar-refractivity contribution in [2.75, 3.05) is 6.61 Å². The van der Waals surface area contributed by atoms with Crippen molar-refractivity contribution in [1.82, 2.24) is 5.32 Å². The highest BCUT2D eigenvalue weighted by molar-refractivity contribution is 7.12. The normalized spacial score (nSPS) is 13.4. The van der Waals surface area contributed by atoms with Crippen LogP contribution in [-0.2, 0) is 25.9 Å². The maximum atomic E-state index is 5.65. The molecule has 0 atom stereocenters. The molecule has 3 rings (SSSR count). The van der Waals surface area contributed by atoms with Gasteiger partial charge in [-0.25, -0.2) is 0 Å². The molecule has 106 valence electrons. The minimum absolute atomic E-state index is 0.717. The van der Waals surface area contributed by atoms with Crippen LogP contribution in [0.5, 0.6) is 5.75 Å². The highest BCUT2D eigenvalue weighted by Gasteiger charge is 2.14. The summed E-state index contributed by atoms with van der Waals surface area (Å²) in [6, 6.07) is 10.7. The molecule has 20 heavy (non-hydrogen) atoms. The van der Waals surface area contributed by atoms with Gasteiger partial charge in [0.05, 0.1) is 6.61 Å². The first-order valence-corrected chi connectivity index (χ1v) is 8.20. The van der Waals surface area contributed by atoms with Crippen molar-refractivity contribution in [2.24, 2.45) is 0 Å². The Kier molecular flexibility index (Phi) is 4.38. The van der Waals surface area contributed by atoms with Gasteiger partial charge in [0.1, 0.15) is 5.75 Å². The topological polar surface area (TPSA) is 21.3 Å². The molecule has 0 amide bonds. The summed E-state index contributed by atoms with van der Waals surface area (Å²) >= 11 is 1.98. The van der Waals surface area contributed by atoms with Crippen LogP contribution in [0.1, 0.15) is 34.2 Å². The molecule has 1 heterocycles. The molecule has 2 nitrogen and oxygen atoms in total. The quantitative estimate of drug-likeness (QED) is 0.869. The van der Waals surface area contributed by atoms with E-state index in [1.165, 1.54) is 29.7 Å². The highest BCUT2D eigenvalue weighted by atomic mass is 32.1. The van der Waals surface area contributed by atoms with Crippen LogP contribution in [0.25, 0.3) is 0 Å². The fourth-order valence-electron chi connectivity index (χ4n) is 2.74. The van der Waals surface area contributed by atoms with Crippen molar-refractivity contribution in [3.05, 3.63) is 51.2 Å². The van der Waals surface area contributed by atoms with Crippen LogP contribution in [0.2, 0.25) is 0 Å². The van der Waals surface area contributed by atoms with E-state index in [4.69, 9.17) is 4.74 Å². The lowest BCUT2D eigenvalue weighted by atomic mass is 10.2. The Labute approximate surface area is 124 Å². The molecule has 0 unspecified atom stereocenters. The standard InChI is InChI=1S/C17H21NOS/c1-2-19-16-8-4-3-6-14(16)11-18-12-15-10-13-7-5-9-17(13)20-15/h3-4,6,8,10,18H,2,5,7,9,11-12H2,1H3. The van der Waals surface area contributed by atoms with Gasteiger partial charge in [-0.3, -0.25) is 0 Å². The van der Waals surface area contributed by atoms with Crippen LogP contribution >= 0.6 is 11.3 Å². The third-order valence-corrected chi connectivity index (χ3v) is 4.92. The summed E-state index contributed by atoms with van der Waals surface area (Å²) in [7, 11) is 0. The van der Waals surface area contributed by atoms with Gasteiger partial charge in [-0.15, -0.1) is 11.3 Å². The Morgan fingerprint density at radius 3 is 2.95 bits per heavy atom. The number of hydrogen-bond acceptors (Lipinski definition) is 3. The molecule has 0 spiro atoms. The molecule has 3 heteroatoms. The number of benzene rings is 1. The van der Waals surface area contributed by atoms with Crippen molar-refractivity contribution < 1.29 is 4.74 Å². The Morgan fingerprint density at radius 1 is 1.20 bits per heavy atom. The second-order valence-electron chi connectivity index (χ2n) is 5.16. The molecule has 0 radical (unpaired) electrons. The first-order valence-electron chi connectivity index (χ1n) is 7.38. The van der Waals surface area contributed by atoms with Gasteiger partial charge in [-0.2, -0.15) is 0 Å². The lowest BCUT2D eigenvalue weighted by Gasteiger charge is -2.10. The number of rotatable bonds is 6. The number of nitrogens with one attached hydrogen (secondary N) is 1. The van der Waals surface area contributed by atoms with Crippen LogP contribution < -0.4 is 10.1 Å². The molecular formula is C17H21NOS. The van der Waals surface area contributed by atoms with E-state index in [2.05, 4.69) is 23.5 Å². The average Bonchev–Trinajstić information content (AvgIpc) is 3.02. The Morgan fingerprint density at radius 2 is 2.10 bits per heavy atom. The summed E-state index contributed by atoms with van der Waals surface area (Å²) in [6.07, 6.45) is 3.91. The van der Waals surface area contributed by atoms with Gasteiger partial charge in [0.2, 0.25) is 0 Å². The summed E-state index contributed by atoms with van der Waals surface area (Å²) in [5, 5.41) is 3.54. The van der Waals surface area contributed by atoms with Gasteiger partial charge in [0, 0.05) is 28.4 Å². The fourth-order valence-corrected chi connectivity index (χ4v) is 3.97. The largest absolute Gasteiger partial charge is 0.494 e. The second kappa shape index (κ2) is 6.42. The summed E-state index contributed by atoms with van der Waals surface area (Å²) in [6.45, 7) is 4.56. The lowest BCUT2D eigenvalue weighted by molar-refractivity contribution is 0.335. The Balaban J connectivity index is 1.57. The molecule has 0 saturated heterocycles. The SMILES string of the molecule is CCOc1ccccc1CNCc1cc2c(s1)CCC2. The van der Waals surface area contributed by atoms with Crippen LogP contribution in [0.15, 0.2) is 30.3 Å². The maximum absolute atomic E-state index is 5.65. The maximum Gasteiger partial charge on any atom is 0.123 e. The summed E-state index contributed by atoms with van der Waals surface area (Å²) < 4.78 is 5.65. The molecule has 0 bridgehead atoms. The minimum Gasteiger partial charge on any atom is -0.494 e. The van der Waals surface area contributed by atoms with E-state index in [-0.39, 0.29) is 0 Å². The third kappa shape index (κ3) is 3.05. The van der Waals surface area contributed by atoms with Crippen LogP contribution in [0.4, 0.5) is 0 Å². The summed E-state index contributed by atoms with van der Waals surface area (Å²) in [4.78, 5) is 3.07. The highest BCUT2D eigenvalue weighted by Crippen LogP contribution is 2.30. The number of aryl methyl sites for hydroxylation is 2. The predicted octanol–water partition coefficient (Wildman–Crippen LogP) is 3.93. The van der Waals surface area contributed by atoms with E-state index >= 15 is 0 Å². The Hall–Kier alpha value is -1.32. The number of thiophene rings is 1. The third-order valence-electron chi connectivity index (χ3n) is 3.68. The molecule has 1 N–H and O–H groups in total. The molecular weight excluding hydrogens is 266 g/mol. The molecule has 0 aliphatic heterocycles. The predicted molar refractivity (Wildman–Crippen MR) is 84.5 cm³/mol. The molecule has 0 fully saturated rings. The van der Waals surface area contributed by atoms with Crippen LogP contribution in [-0.4, -0.2) is 6.61 Å². The van der Waals surface area contributed by atoms with Crippen molar-refractivity contribution >= 4 is 11.3 Å². The average molecular weight is 287 g/mol. The molecule has 1 aliphatic carbocycles. The van der Waals surface area contributed by atoms with Gasteiger partial charge >= 0.3 is 0 Å². The molecule has 1 aromatic carbocycles. The fraction of sp³-hybridized carbons (Fsp3) is 0.412. The van der Waals surface area contributed by atoms with Gasteiger partial charge in [0.15, 0.2) is 0 Å². The molecule has 2 aromatic rings. The van der Waals surface area contributed by atoms with E-state index in [0.717, 1.165) is 18.8 Å². The van der Waals surface area contributed by atoms with Crippen molar-refractivity contribution in [2.45, 2.75) is 39.3 Å². The van der Waals surface area contributed by atoms with E-state index in [9.17, 15) is 0 Å². The first kappa shape index (κ1) is 13.7. The lowest BCUT2D eigenvalue weighted by Crippen LogP contribution is -2.12. The van der Waals surface area contributed by atoms with Crippen LogP contribution in [0, 0.1) is 0 Å². The van der Waals surface area contributed by atoms with E-state index in [0.29, 0.717) is 6.61 Å². The van der Waals surface area contributed by atoms with Gasteiger partial charge < -0.3 is 10.1 Å². The summed E-state index contributed by atoms with van der Waals surface area (Å²) in [5.41, 5.74) is 2.82. The zero-order valence-corrected chi connectivity index (χ0v) is 12.8. The number of hydrogen-bond donors (Lipinski definition) is 1. The first-order chi connectivity index (χ1) is 9.86. The molecule has 1 aromatic heterocycles. The number of ether oxygens (including phenoxy) is 1. The Bertz CT molecular complexity index is 555. The van der Waals surface area contributed by atoms with E-state index in [1.54, 1.807) is 10.4 Å². The monoisotopic (exact) mass is 287 g/mol. The number of para-hydroxylation sites is 1. The second-order valence-corrected chi connectivity index (χ2v) is 6.38. The zero-order valence-electron chi connectivity index (χ0n) is 11.9. The zero-order chi connectivity index (χ0) is 13.8. The molecule has 1 aliphatic rings. The van der Waals surface area contributed by atoms with Gasteiger partial charge in [-0.1, -0.05) is 18.2 Å². The number of fused-ring (bicyclic) bond motifs is 1. The van der Waals surface area contributed by atoms with Crippen LogP contribution in [0.3, 0.4) is 0 Å². The van der Waals surface area contributed by atoms with Crippen molar-refractivity contribution in [3.63, 3.8) is 0 Å². The van der Waals surface area contributed by atoms with Crippen molar-refractivity contribution in [1.29, 1.82) is 0 Å².